The first-order chi connectivity index (χ1) is 9.11. The fourth-order valence-corrected chi connectivity index (χ4v) is 3.38. The van der Waals surface area contributed by atoms with E-state index in [2.05, 4.69) is 26.6 Å². The second-order valence-electron chi connectivity index (χ2n) is 5.49. The summed E-state index contributed by atoms with van der Waals surface area (Å²) in [6.45, 7) is 2.01. The topological polar surface area (TPSA) is 41.1 Å². The van der Waals surface area contributed by atoms with Crippen LogP contribution in [0.2, 0.25) is 0 Å². The summed E-state index contributed by atoms with van der Waals surface area (Å²) in [5.41, 5.74) is 0.876. The van der Waals surface area contributed by atoms with Crippen LogP contribution in [0.15, 0.2) is 22.7 Å². The smallest absolute Gasteiger partial charge is 0.228 e. The Morgan fingerprint density at radius 3 is 2.84 bits per heavy atom. The fraction of sp³-hybridized carbons (Fsp3) is 0.500. The Bertz CT molecular complexity index is 514. The van der Waals surface area contributed by atoms with Crippen LogP contribution >= 0.6 is 15.9 Å². The van der Waals surface area contributed by atoms with Crippen LogP contribution in [0.1, 0.15) is 19.3 Å². The van der Waals surface area contributed by atoms with E-state index in [1.165, 1.54) is 6.07 Å². The Morgan fingerprint density at radius 2 is 2.16 bits per heavy atom. The number of nitrogens with one attached hydrogen (secondary N) is 2. The van der Waals surface area contributed by atoms with Crippen molar-refractivity contribution in [2.45, 2.75) is 19.3 Å². The van der Waals surface area contributed by atoms with Gasteiger partial charge in [0.05, 0.1) is 4.47 Å². The van der Waals surface area contributed by atoms with E-state index in [9.17, 15) is 9.18 Å². The highest BCUT2D eigenvalue weighted by molar-refractivity contribution is 9.10. The monoisotopic (exact) mass is 326 g/mol. The SMILES string of the molecule is O=C(Nc1ccc(F)c(Br)c1)C1CC12CCNCC2. The molecule has 1 amide bonds. The highest BCUT2D eigenvalue weighted by Crippen LogP contribution is 2.58. The van der Waals surface area contributed by atoms with Crippen LogP contribution in [-0.2, 0) is 4.79 Å². The van der Waals surface area contributed by atoms with Crippen molar-refractivity contribution in [3.63, 3.8) is 0 Å². The van der Waals surface area contributed by atoms with E-state index in [0.29, 0.717) is 10.2 Å². The van der Waals surface area contributed by atoms with Crippen molar-refractivity contribution in [3.8, 4) is 0 Å². The molecule has 1 aromatic carbocycles. The van der Waals surface area contributed by atoms with Crippen molar-refractivity contribution in [3.05, 3.63) is 28.5 Å². The zero-order valence-electron chi connectivity index (χ0n) is 10.5. The Labute approximate surface area is 120 Å². The minimum atomic E-state index is -0.320. The molecule has 1 aliphatic carbocycles. The molecule has 1 saturated carbocycles. The Morgan fingerprint density at radius 1 is 1.42 bits per heavy atom. The molecule has 2 N–H and O–H groups in total. The largest absolute Gasteiger partial charge is 0.326 e. The van der Waals surface area contributed by atoms with Crippen LogP contribution in [0.3, 0.4) is 0 Å². The third-order valence-electron chi connectivity index (χ3n) is 4.29. The number of carbonyl (C=O) groups excluding carboxylic acids is 1. The first kappa shape index (κ1) is 13.1. The van der Waals surface area contributed by atoms with Crippen molar-refractivity contribution in [1.29, 1.82) is 0 Å². The second-order valence-corrected chi connectivity index (χ2v) is 6.34. The molecule has 1 aromatic rings. The van der Waals surface area contributed by atoms with E-state index >= 15 is 0 Å². The summed E-state index contributed by atoms with van der Waals surface area (Å²) >= 11 is 3.12. The van der Waals surface area contributed by atoms with E-state index < -0.39 is 0 Å². The number of hydrogen-bond donors (Lipinski definition) is 2. The molecule has 2 fully saturated rings. The zero-order chi connectivity index (χ0) is 13.5. The normalized spacial score (nSPS) is 24.2. The van der Waals surface area contributed by atoms with Crippen molar-refractivity contribution in [2.75, 3.05) is 18.4 Å². The Kier molecular flexibility index (Phi) is 3.35. The molecule has 1 unspecified atom stereocenters. The predicted octanol–water partition coefficient (Wildman–Crippen LogP) is 2.92. The maximum absolute atomic E-state index is 13.1. The lowest BCUT2D eigenvalue weighted by molar-refractivity contribution is -0.118. The Hall–Kier alpha value is -0.940. The first-order valence-electron chi connectivity index (χ1n) is 6.57. The lowest BCUT2D eigenvalue weighted by Gasteiger charge is -2.23. The summed E-state index contributed by atoms with van der Waals surface area (Å²) in [6, 6.07) is 4.55. The third-order valence-corrected chi connectivity index (χ3v) is 4.90. The number of halogens is 2. The molecule has 2 aliphatic rings. The number of amides is 1. The van der Waals surface area contributed by atoms with Crippen LogP contribution in [0.25, 0.3) is 0 Å². The standard InChI is InChI=1S/C14H16BrFN2O/c15-11-7-9(1-2-12(11)16)18-13(19)10-8-14(10)3-5-17-6-4-14/h1-2,7,10,17H,3-6,8H2,(H,18,19). The van der Waals surface area contributed by atoms with Gasteiger partial charge in [-0.1, -0.05) is 0 Å². The molecule has 1 heterocycles. The van der Waals surface area contributed by atoms with Gasteiger partial charge in [-0.15, -0.1) is 0 Å². The minimum Gasteiger partial charge on any atom is -0.326 e. The first-order valence-corrected chi connectivity index (χ1v) is 7.37. The maximum atomic E-state index is 13.1. The van der Waals surface area contributed by atoms with Gasteiger partial charge in [0.25, 0.3) is 0 Å². The summed E-state index contributed by atoms with van der Waals surface area (Å²) in [6.07, 6.45) is 3.15. The summed E-state index contributed by atoms with van der Waals surface area (Å²) < 4.78 is 13.5. The van der Waals surface area contributed by atoms with E-state index in [4.69, 9.17) is 0 Å². The number of rotatable bonds is 2. The zero-order valence-corrected chi connectivity index (χ0v) is 12.1. The van der Waals surface area contributed by atoms with Gasteiger partial charge >= 0.3 is 0 Å². The second kappa shape index (κ2) is 4.87. The Balaban J connectivity index is 1.64. The highest BCUT2D eigenvalue weighted by atomic mass is 79.9. The summed E-state index contributed by atoms with van der Waals surface area (Å²) in [4.78, 5) is 12.2. The molecule has 1 atom stereocenters. The molecule has 0 radical (unpaired) electrons. The highest BCUT2D eigenvalue weighted by Gasteiger charge is 2.57. The number of piperidine rings is 1. The van der Waals surface area contributed by atoms with Crippen LogP contribution in [-0.4, -0.2) is 19.0 Å². The molecule has 0 bridgehead atoms. The van der Waals surface area contributed by atoms with Crippen LogP contribution < -0.4 is 10.6 Å². The van der Waals surface area contributed by atoms with Crippen molar-refractivity contribution in [2.24, 2.45) is 11.3 Å². The molecule has 3 nitrogen and oxygen atoms in total. The van der Waals surface area contributed by atoms with Gasteiger partial charge in [-0.3, -0.25) is 4.79 Å². The lowest BCUT2D eigenvalue weighted by Crippen LogP contribution is -2.31. The van der Waals surface area contributed by atoms with Gasteiger partial charge in [0.2, 0.25) is 5.91 Å². The molecule has 1 saturated heterocycles. The van der Waals surface area contributed by atoms with Crippen molar-refractivity contribution >= 4 is 27.5 Å². The predicted molar refractivity (Wildman–Crippen MR) is 75.4 cm³/mol. The molecule has 1 spiro atoms. The van der Waals surface area contributed by atoms with Gasteiger partial charge < -0.3 is 10.6 Å². The van der Waals surface area contributed by atoms with Gasteiger partial charge in [0.1, 0.15) is 5.82 Å². The molecule has 3 rings (SSSR count). The van der Waals surface area contributed by atoms with Gasteiger partial charge in [0.15, 0.2) is 0 Å². The van der Waals surface area contributed by atoms with E-state index in [-0.39, 0.29) is 23.1 Å². The summed E-state index contributed by atoms with van der Waals surface area (Å²) in [5, 5.41) is 6.21. The van der Waals surface area contributed by atoms with Gasteiger partial charge in [-0.05, 0) is 71.9 Å². The average Bonchev–Trinajstić information content (AvgIpc) is 3.08. The van der Waals surface area contributed by atoms with Gasteiger partial charge in [0, 0.05) is 11.6 Å². The van der Waals surface area contributed by atoms with Crippen LogP contribution in [0.4, 0.5) is 10.1 Å². The summed E-state index contributed by atoms with van der Waals surface area (Å²) in [5.74, 6) is -0.127. The molecule has 19 heavy (non-hydrogen) atoms. The molecular formula is C14H16BrFN2O. The number of hydrogen-bond acceptors (Lipinski definition) is 2. The number of carbonyl (C=O) groups is 1. The van der Waals surface area contributed by atoms with Crippen LogP contribution in [0.5, 0.6) is 0 Å². The number of benzene rings is 1. The number of anilines is 1. The minimum absolute atomic E-state index is 0.0698. The maximum Gasteiger partial charge on any atom is 0.228 e. The molecular weight excluding hydrogens is 311 g/mol. The quantitative estimate of drug-likeness (QED) is 0.877. The summed E-state index contributed by atoms with van der Waals surface area (Å²) in [7, 11) is 0. The molecule has 102 valence electrons. The molecule has 0 aromatic heterocycles. The van der Waals surface area contributed by atoms with E-state index in [0.717, 1.165) is 32.4 Å². The van der Waals surface area contributed by atoms with Crippen molar-refractivity contribution < 1.29 is 9.18 Å². The van der Waals surface area contributed by atoms with E-state index in [1.807, 2.05) is 0 Å². The van der Waals surface area contributed by atoms with E-state index in [1.54, 1.807) is 12.1 Å². The average molecular weight is 327 g/mol. The lowest BCUT2D eigenvalue weighted by atomic mass is 9.92. The molecule has 5 heteroatoms. The van der Waals surface area contributed by atoms with Crippen LogP contribution in [0, 0.1) is 17.2 Å². The molecule has 1 aliphatic heterocycles. The van der Waals surface area contributed by atoms with Gasteiger partial charge in [-0.25, -0.2) is 4.39 Å². The van der Waals surface area contributed by atoms with Crippen molar-refractivity contribution in [1.82, 2.24) is 5.32 Å². The van der Waals surface area contributed by atoms with Gasteiger partial charge in [-0.2, -0.15) is 0 Å². The third kappa shape index (κ3) is 2.54. The fourth-order valence-electron chi connectivity index (χ4n) is 3.00.